The van der Waals surface area contributed by atoms with Crippen molar-refractivity contribution in [2.75, 3.05) is 0 Å². The molecule has 0 amide bonds. The summed E-state index contributed by atoms with van der Waals surface area (Å²) >= 11 is 0. The van der Waals surface area contributed by atoms with Gasteiger partial charge < -0.3 is 9.67 Å². The highest BCUT2D eigenvalue weighted by Gasteiger charge is 2.30. The molecule has 1 unspecified atom stereocenters. The van der Waals surface area contributed by atoms with Crippen LogP contribution in [0.25, 0.3) is 11.4 Å². The van der Waals surface area contributed by atoms with Gasteiger partial charge in [0, 0.05) is 24.0 Å². The Bertz CT molecular complexity index is 711. The molecule has 2 heterocycles. The number of carboxylic acids is 1. The fourth-order valence-corrected chi connectivity index (χ4v) is 2.69. The van der Waals surface area contributed by atoms with E-state index in [9.17, 15) is 18.0 Å². The molecule has 1 aliphatic rings. The summed E-state index contributed by atoms with van der Waals surface area (Å²) in [6.45, 7) is 0.293. The molecule has 0 radical (unpaired) electrons. The van der Waals surface area contributed by atoms with E-state index in [-0.39, 0.29) is 12.4 Å². The van der Waals surface area contributed by atoms with Gasteiger partial charge in [0.2, 0.25) is 0 Å². The lowest BCUT2D eigenvalue weighted by Gasteiger charge is -2.22. The van der Waals surface area contributed by atoms with Gasteiger partial charge in [-0.25, -0.2) is 4.98 Å². The quantitative estimate of drug-likeness (QED) is 0.903. The number of fused-ring (bicyclic) bond motifs is 1. The average Bonchev–Trinajstić information content (AvgIpc) is 2.89. The molecule has 0 bridgehead atoms. The lowest BCUT2D eigenvalue weighted by Crippen LogP contribution is -2.26. The van der Waals surface area contributed by atoms with Crippen molar-refractivity contribution in [3.05, 3.63) is 41.7 Å². The smallest absolute Gasteiger partial charge is 0.416 e. The predicted octanol–water partition coefficient (Wildman–Crippen LogP) is 3.64. The first-order chi connectivity index (χ1) is 10.4. The third kappa shape index (κ3) is 3.34. The van der Waals surface area contributed by atoms with Crippen LogP contribution < -0.4 is 0 Å². The number of carboxylic acid groups (broad SMARTS) is 1. The SMILES string of the molecule is Cl.O=C(O)C1CCc2cnc(-c3ccc(C(F)(F)F)cc3)n2C1. The molecule has 2 aromatic rings. The number of carbonyl (C=O) groups is 1. The molecule has 23 heavy (non-hydrogen) atoms. The number of halogens is 4. The van der Waals surface area contributed by atoms with Crippen molar-refractivity contribution >= 4 is 18.4 Å². The number of rotatable bonds is 2. The molecular weight excluding hydrogens is 333 g/mol. The van der Waals surface area contributed by atoms with Crippen molar-refractivity contribution in [2.45, 2.75) is 25.6 Å². The Morgan fingerprint density at radius 1 is 1.26 bits per heavy atom. The molecule has 1 aromatic heterocycles. The van der Waals surface area contributed by atoms with Crippen molar-refractivity contribution in [1.29, 1.82) is 0 Å². The number of aryl methyl sites for hydroxylation is 1. The molecule has 1 N–H and O–H groups in total. The highest BCUT2D eigenvalue weighted by Crippen LogP contribution is 2.32. The molecule has 0 aliphatic carbocycles. The molecule has 8 heteroatoms. The van der Waals surface area contributed by atoms with Gasteiger partial charge in [0.15, 0.2) is 0 Å². The van der Waals surface area contributed by atoms with Crippen molar-refractivity contribution in [3.8, 4) is 11.4 Å². The molecule has 124 valence electrons. The summed E-state index contributed by atoms with van der Waals surface area (Å²) in [5.74, 6) is -0.845. The minimum Gasteiger partial charge on any atom is -0.481 e. The van der Waals surface area contributed by atoms with Crippen molar-refractivity contribution in [3.63, 3.8) is 0 Å². The Hall–Kier alpha value is -2.02. The molecule has 1 aliphatic heterocycles. The van der Waals surface area contributed by atoms with Crippen LogP contribution in [0.1, 0.15) is 17.7 Å². The minimum absolute atomic E-state index is 0. The number of benzene rings is 1. The molecule has 1 atom stereocenters. The number of hydrogen-bond acceptors (Lipinski definition) is 2. The van der Waals surface area contributed by atoms with Crippen molar-refractivity contribution in [1.82, 2.24) is 9.55 Å². The Kier molecular flexibility index (Phi) is 4.70. The maximum atomic E-state index is 12.6. The fraction of sp³-hybridized carbons (Fsp3) is 0.333. The second-order valence-electron chi connectivity index (χ2n) is 5.33. The fourth-order valence-electron chi connectivity index (χ4n) is 2.69. The summed E-state index contributed by atoms with van der Waals surface area (Å²) in [5, 5.41) is 9.13. The van der Waals surface area contributed by atoms with E-state index < -0.39 is 23.6 Å². The van der Waals surface area contributed by atoms with Crippen LogP contribution in [0.2, 0.25) is 0 Å². The van der Waals surface area contributed by atoms with Gasteiger partial charge in [-0.1, -0.05) is 12.1 Å². The minimum atomic E-state index is -4.38. The number of alkyl halides is 3. The van der Waals surface area contributed by atoms with Gasteiger partial charge in [0.25, 0.3) is 0 Å². The largest absolute Gasteiger partial charge is 0.481 e. The summed E-state index contributed by atoms with van der Waals surface area (Å²) in [6.07, 6.45) is -1.57. The van der Waals surface area contributed by atoms with Crippen LogP contribution in [-0.2, 0) is 23.9 Å². The summed E-state index contributed by atoms with van der Waals surface area (Å²) in [7, 11) is 0. The van der Waals surface area contributed by atoms with Gasteiger partial charge >= 0.3 is 12.1 Å². The number of aromatic nitrogens is 2. The maximum Gasteiger partial charge on any atom is 0.416 e. The Morgan fingerprint density at radius 2 is 1.91 bits per heavy atom. The number of hydrogen-bond donors (Lipinski definition) is 1. The van der Waals surface area contributed by atoms with E-state index in [1.807, 2.05) is 0 Å². The molecule has 0 saturated heterocycles. The van der Waals surface area contributed by atoms with Crippen LogP contribution in [0.3, 0.4) is 0 Å². The summed E-state index contributed by atoms with van der Waals surface area (Å²) in [4.78, 5) is 15.4. The molecule has 4 nitrogen and oxygen atoms in total. The zero-order valence-electron chi connectivity index (χ0n) is 11.9. The van der Waals surface area contributed by atoms with E-state index in [1.54, 1.807) is 10.8 Å². The van der Waals surface area contributed by atoms with E-state index in [0.717, 1.165) is 17.8 Å². The predicted molar refractivity (Wildman–Crippen MR) is 79.4 cm³/mol. The topological polar surface area (TPSA) is 55.1 Å². The Labute approximate surface area is 136 Å². The standard InChI is InChI=1S/C15H13F3N2O2.ClH/c16-15(17,18)11-4-1-9(2-5-11)13-19-7-12-6-3-10(14(21)22)8-20(12)13;/h1-2,4-5,7,10H,3,6,8H2,(H,21,22);1H. The normalized spacial score (nSPS) is 17.3. The monoisotopic (exact) mass is 346 g/mol. The molecular formula is C15H14ClF3N2O2. The van der Waals surface area contributed by atoms with Gasteiger partial charge in [-0.3, -0.25) is 4.79 Å². The van der Waals surface area contributed by atoms with Crippen LogP contribution >= 0.6 is 12.4 Å². The van der Waals surface area contributed by atoms with Gasteiger partial charge in [0.1, 0.15) is 5.82 Å². The zero-order chi connectivity index (χ0) is 15.9. The molecule has 0 saturated carbocycles. The second-order valence-corrected chi connectivity index (χ2v) is 5.33. The van der Waals surface area contributed by atoms with Gasteiger partial charge in [0.05, 0.1) is 11.5 Å². The Morgan fingerprint density at radius 3 is 2.48 bits per heavy atom. The number of aliphatic carboxylic acids is 1. The van der Waals surface area contributed by atoms with Crippen LogP contribution in [0, 0.1) is 5.92 Å². The van der Waals surface area contributed by atoms with Gasteiger partial charge in [-0.05, 0) is 25.0 Å². The molecule has 0 spiro atoms. The second kappa shape index (κ2) is 6.23. The highest BCUT2D eigenvalue weighted by atomic mass is 35.5. The zero-order valence-corrected chi connectivity index (χ0v) is 12.7. The van der Waals surface area contributed by atoms with Gasteiger partial charge in [-0.15, -0.1) is 12.4 Å². The number of imidazole rings is 1. The Balaban J connectivity index is 0.00000192. The summed E-state index contributed by atoms with van der Waals surface area (Å²) in [6, 6.07) is 4.74. The van der Waals surface area contributed by atoms with Gasteiger partial charge in [-0.2, -0.15) is 13.2 Å². The molecule has 3 rings (SSSR count). The molecule has 1 aromatic carbocycles. The van der Waals surface area contributed by atoms with Crippen LogP contribution in [0.4, 0.5) is 13.2 Å². The van der Waals surface area contributed by atoms with Crippen LogP contribution in [0.5, 0.6) is 0 Å². The van der Waals surface area contributed by atoms with Crippen LogP contribution in [0.15, 0.2) is 30.5 Å². The highest BCUT2D eigenvalue weighted by molar-refractivity contribution is 5.85. The average molecular weight is 347 g/mol. The van der Waals surface area contributed by atoms with Crippen LogP contribution in [-0.4, -0.2) is 20.6 Å². The first-order valence-corrected chi connectivity index (χ1v) is 6.81. The first kappa shape index (κ1) is 17.3. The van der Waals surface area contributed by atoms with Crippen molar-refractivity contribution < 1.29 is 23.1 Å². The maximum absolute atomic E-state index is 12.6. The van der Waals surface area contributed by atoms with Crippen molar-refractivity contribution in [2.24, 2.45) is 5.92 Å². The first-order valence-electron chi connectivity index (χ1n) is 6.81. The van der Waals surface area contributed by atoms with E-state index in [2.05, 4.69) is 4.98 Å². The van der Waals surface area contributed by atoms with E-state index in [4.69, 9.17) is 5.11 Å². The van der Waals surface area contributed by atoms with E-state index >= 15 is 0 Å². The molecule has 0 fully saturated rings. The summed E-state index contributed by atoms with van der Waals surface area (Å²) in [5.41, 5.74) is 0.739. The summed E-state index contributed by atoms with van der Waals surface area (Å²) < 4.78 is 39.6. The third-order valence-electron chi connectivity index (χ3n) is 3.91. The third-order valence-corrected chi connectivity index (χ3v) is 3.91. The van der Waals surface area contributed by atoms with E-state index in [0.29, 0.717) is 30.8 Å². The van der Waals surface area contributed by atoms with E-state index in [1.165, 1.54) is 12.1 Å². The number of nitrogens with zero attached hydrogens (tertiary/aromatic N) is 2. The lowest BCUT2D eigenvalue weighted by atomic mass is 9.98. The lowest BCUT2D eigenvalue weighted by molar-refractivity contribution is -0.142.